The number of H-pyrrole nitrogens is 1. The number of benzene rings is 2. The lowest BCUT2D eigenvalue weighted by Gasteiger charge is -2.33. The second-order valence-electron chi connectivity index (χ2n) is 9.62. The number of hydrogen-bond donors (Lipinski definition) is 1. The van der Waals surface area contributed by atoms with Gasteiger partial charge < -0.3 is 9.88 Å². The van der Waals surface area contributed by atoms with E-state index in [1.165, 1.54) is 5.56 Å². The van der Waals surface area contributed by atoms with Gasteiger partial charge in [0.2, 0.25) is 5.91 Å². The Balaban J connectivity index is 1.06. The van der Waals surface area contributed by atoms with E-state index in [1.807, 2.05) is 12.1 Å². The first kappa shape index (κ1) is 22.1. The Bertz CT molecular complexity index is 1010. The van der Waals surface area contributed by atoms with Crippen molar-refractivity contribution in [3.63, 3.8) is 0 Å². The van der Waals surface area contributed by atoms with Crippen LogP contribution in [0.2, 0.25) is 0 Å². The van der Waals surface area contributed by atoms with E-state index in [0.717, 1.165) is 88.4 Å². The number of piperidine rings is 1. The normalized spacial score (nSPS) is 19.1. The van der Waals surface area contributed by atoms with Gasteiger partial charge in [0.1, 0.15) is 5.82 Å². The number of fused-ring (bicyclic) bond motifs is 1. The summed E-state index contributed by atoms with van der Waals surface area (Å²) in [6, 6.07) is 18.9. The van der Waals surface area contributed by atoms with Crippen molar-refractivity contribution in [2.45, 2.75) is 32.2 Å². The standard InChI is InChI=1S/C27H35N5O/c33-27(32-15-11-23(12-16-32)19-22-7-2-1-3-8-22)21-31-14-6-13-30(17-18-31)20-26-28-24-9-4-5-10-25(24)29-26/h1-5,7-10,23H,6,11-21H2,(H,28,29). The van der Waals surface area contributed by atoms with Gasteiger partial charge in [0.05, 0.1) is 24.1 Å². The molecule has 5 rings (SSSR count). The summed E-state index contributed by atoms with van der Waals surface area (Å²) in [7, 11) is 0. The van der Waals surface area contributed by atoms with Crippen LogP contribution < -0.4 is 0 Å². The van der Waals surface area contributed by atoms with Gasteiger partial charge in [-0.05, 0) is 62.4 Å². The number of aromatic amines is 1. The van der Waals surface area contributed by atoms with E-state index >= 15 is 0 Å². The lowest BCUT2D eigenvalue weighted by molar-refractivity contribution is -0.133. The predicted molar refractivity (Wildman–Crippen MR) is 132 cm³/mol. The lowest BCUT2D eigenvalue weighted by Crippen LogP contribution is -2.45. The topological polar surface area (TPSA) is 55.5 Å². The highest BCUT2D eigenvalue weighted by Gasteiger charge is 2.25. The molecule has 0 aliphatic carbocycles. The minimum Gasteiger partial charge on any atom is -0.342 e. The molecule has 0 spiro atoms. The Morgan fingerprint density at radius 3 is 2.42 bits per heavy atom. The predicted octanol–water partition coefficient (Wildman–Crippen LogP) is 3.55. The number of rotatable bonds is 6. The van der Waals surface area contributed by atoms with Crippen molar-refractivity contribution in [2.75, 3.05) is 45.8 Å². The van der Waals surface area contributed by atoms with Gasteiger partial charge in [-0.25, -0.2) is 4.98 Å². The fraction of sp³-hybridized carbons (Fsp3) is 0.481. The van der Waals surface area contributed by atoms with Crippen LogP contribution in [0.3, 0.4) is 0 Å². The summed E-state index contributed by atoms with van der Waals surface area (Å²) in [6.45, 7) is 7.16. The Kier molecular flexibility index (Phi) is 7.03. The highest BCUT2D eigenvalue weighted by Crippen LogP contribution is 2.22. The number of amides is 1. The largest absolute Gasteiger partial charge is 0.342 e. The molecule has 0 radical (unpaired) electrons. The van der Waals surface area contributed by atoms with Crippen molar-refractivity contribution >= 4 is 16.9 Å². The summed E-state index contributed by atoms with van der Waals surface area (Å²) in [5.74, 6) is 2.03. The zero-order chi connectivity index (χ0) is 22.5. The molecule has 3 aromatic rings. The van der Waals surface area contributed by atoms with Gasteiger partial charge >= 0.3 is 0 Å². The summed E-state index contributed by atoms with van der Waals surface area (Å²) in [6.07, 6.45) is 4.46. The minimum atomic E-state index is 0.305. The van der Waals surface area contributed by atoms with Crippen LogP contribution in [0.5, 0.6) is 0 Å². The molecule has 2 aliphatic heterocycles. The molecule has 1 aromatic heterocycles. The number of nitrogens with one attached hydrogen (secondary N) is 1. The third-order valence-corrected chi connectivity index (χ3v) is 7.19. The van der Waals surface area contributed by atoms with Gasteiger partial charge in [-0.3, -0.25) is 14.6 Å². The maximum Gasteiger partial charge on any atom is 0.236 e. The van der Waals surface area contributed by atoms with E-state index in [4.69, 9.17) is 4.98 Å². The zero-order valence-electron chi connectivity index (χ0n) is 19.5. The number of hydrogen-bond acceptors (Lipinski definition) is 4. The van der Waals surface area contributed by atoms with Gasteiger partial charge in [0, 0.05) is 26.2 Å². The smallest absolute Gasteiger partial charge is 0.236 e. The van der Waals surface area contributed by atoms with Crippen LogP contribution >= 0.6 is 0 Å². The molecular formula is C27H35N5O. The molecule has 33 heavy (non-hydrogen) atoms. The molecule has 1 N–H and O–H groups in total. The van der Waals surface area contributed by atoms with E-state index in [2.05, 4.69) is 62.1 Å². The fourth-order valence-electron chi connectivity index (χ4n) is 5.26. The van der Waals surface area contributed by atoms with E-state index in [1.54, 1.807) is 0 Å². The summed E-state index contributed by atoms with van der Waals surface area (Å²) >= 11 is 0. The Morgan fingerprint density at radius 2 is 1.61 bits per heavy atom. The molecule has 0 bridgehead atoms. The number of para-hydroxylation sites is 2. The van der Waals surface area contributed by atoms with Crippen molar-refractivity contribution in [2.24, 2.45) is 5.92 Å². The van der Waals surface area contributed by atoms with Crippen LogP contribution in [0, 0.1) is 5.92 Å². The second-order valence-corrected chi connectivity index (χ2v) is 9.62. The molecule has 2 aliphatic rings. The van der Waals surface area contributed by atoms with Gasteiger partial charge in [-0.1, -0.05) is 42.5 Å². The Hall–Kier alpha value is -2.70. The fourth-order valence-corrected chi connectivity index (χ4v) is 5.26. The van der Waals surface area contributed by atoms with E-state index in [0.29, 0.717) is 18.4 Å². The molecule has 174 valence electrons. The quantitative estimate of drug-likeness (QED) is 0.631. The molecule has 0 atom stereocenters. The number of imidazole rings is 1. The number of carbonyl (C=O) groups is 1. The first-order valence-corrected chi connectivity index (χ1v) is 12.4. The minimum absolute atomic E-state index is 0.305. The van der Waals surface area contributed by atoms with Crippen LogP contribution in [-0.2, 0) is 17.8 Å². The first-order valence-electron chi connectivity index (χ1n) is 12.4. The maximum absolute atomic E-state index is 13.0. The highest BCUT2D eigenvalue weighted by atomic mass is 16.2. The second kappa shape index (κ2) is 10.5. The average molecular weight is 446 g/mol. The molecule has 2 fully saturated rings. The lowest BCUT2D eigenvalue weighted by atomic mass is 9.90. The van der Waals surface area contributed by atoms with Crippen molar-refractivity contribution in [1.29, 1.82) is 0 Å². The first-order chi connectivity index (χ1) is 16.2. The molecule has 0 unspecified atom stereocenters. The molecule has 3 heterocycles. The van der Waals surface area contributed by atoms with Crippen LogP contribution in [0.25, 0.3) is 11.0 Å². The molecule has 1 amide bonds. The molecule has 0 saturated carbocycles. The third-order valence-electron chi connectivity index (χ3n) is 7.19. The van der Waals surface area contributed by atoms with Crippen molar-refractivity contribution < 1.29 is 4.79 Å². The van der Waals surface area contributed by atoms with Crippen LogP contribution in [0.4, 0.5) is 0 Å². The summed E-state index contributed by atoms with van der Waals surface area (Å²) in [4.78, 5) is 28.0. The van der Waals surface area contributed by atoms with Gasteiger partial charge in [-0.2, -0.15) is 0 Å². The monoisotopic (exact) mass is 445 g/mol. The van der Waals surface area contributed by atoms with Crippen LogP contribution in [-0.4, -0.2) is 76.4 Å². The van der Waals surface area contributed by atoms with Crippen molar-refractivity contribution in [3.8, 4) is 0 Å². The number of aromatic nitrogens is 2. The van der Waals surface area contributed by atoms with Gasteiger partial charge in [0.15, 0.2) is 0 Å². The summed E-state index contributed by atoms with van der Waals surface area (Å²) in [5.41, 5.74) is 3.54. The molecule has 2 saturated heterocycles. The number of likely N-dealkylation sites (tertiary alicyclic amines) is 1. The summed E-state index contributed by atoms with van der Waals surface area (Å²) in [5, 5.41) is 0. The van der Waals surface area contributed by atoms with E-state index in [9.17, 15) is 4.79 Å². The molecule has 6 nitrogen and oxygen atoms in total. The van der Waals surface area contributed by atoms with E-state index in [-0.39, 0.29) is 0 Å². The van der Waals surface area contributed by atoms with Gasteiger partial charge in [-0.15, -0.1) is 0 Å². The highest BCUT2D eigenvalue weighted by molar-refractivity contribution is 5.78. The number of carbonyl (C=O) groups excluding carboxylic acids is 1. The molecule has 2 aromatic carbocycles. The van der Waals surface area contributed by atoms with Crippen molar-refractivity contribution in [1.82, 2.24) is 24.7 Å². The Labute approximate surface area is 196 Å². The zero-order valence-corrected chi connectivity index (χ0v) is 19.5. The SMILES string of the molecule is O=C(CN1CCCN(Cc2nc3ccccc3[nH]2)CC1)N1CCC(Cc2ccccc2)CC1. The van der Waals surface area contributed by atoms with Crippen LogP contribution in [0.15, 0.2) is 54.6 Å². The molecular weight excluding hydrogens is 410 g/mol. The Morgan fingerprint density at radius 1 is 0.879 bits per heavy atom. The summed E-state index contributed by atoms with van der Waals surface area (Å²) < 4.78 is 0. The molecule has 6 heteroatoms. The number of nitrogens with zero attached hydrogens (tertiary/aromatic N) is 4. The van der Waals surface area contributed by atoms with E-state index < -0.39 is 0 Å². The van der Waals surface area contributed by atoms with Crippen LogP contribution in [0.1, 0.15) is 30.7 Å². The third kappa shape index (κ3) is 5.81. The van der Waals surface area contributed by atoms with Gasteiger partial charge in [0.25, 0.3) is 0 Å². The van der Waals surface area contributed by atoms with Crippen molar-refractivity contribution in [3.05, 3.63) is 66.0 Å². The average Bonchev–Trinajstić information content (AvgIpc) is 3.13. The maximum atomic E-state index is 13.0.